The van der Waals surface area contributed by atoms with E-state index >= 15 is 0 Å². The predicted molar refractivity (Wildman–Crippen MR) is 79.7 cm³/mol. The van der Waals surface area contributed by atoms with E-state index in [1.165, 1.54) is 12.1 Å². The van der Waals surface area contributed by atoms with Crippen LogP contribution in [0, 0.1) is 11.3 Å². The van der Waals surface area contributed by atoms with Crippen molar-refractivity contribution in [2.24, 2.45) is 0 Å². The van der Waals surface area contributed by atoms with Crippen molar-refractivity contribution in [3.8, 4) is 6.07 Å². The molecule has 0 saturated heterocycles. The molecular formula is C15H22N2O2S. The predicted octanol–water partition coefficient (Wildman–Crippen LogP) is 3.15. The highest BCUT2D eigenvalue weighted by Gasteiger charge is 2.23. The van der Waals surface area contributed by atoms with E-state index in [-0.39, 0.29) is 4.90 Å². The van der Waals surface area contributed by atoms with Crippen LogP contribution in [0.4, 0.5) is 0 Å². The molecule has 20 heavy (non-hydrogen) atoms. The van der Waals surface area contributed by atoms with Crippen LogP contribution < -0.4 is 0 Å². The standard InChI is InChI=1S/C15H22N2O2S/c1-3-5-11-17(12-6-4-2)20(18,19)15-9-7-14(13-16)8-10-15/h7-10H,3-6,11-12H2,1-2H3. The Balaban J connectivity index is 2.98. The normalized spacial score (nSPS) is 11.5. The largest absolute Gasteiger partial charge is 0.243 e. The molecule has 1 rings (SSSR count). The molecule has 0 saturated carbocycles. The van der Waals surface area contributed by atoms with E-state index in [1.54, 1.807) is 16.4 Å². The molecule has 110 valence electrons. The van der Waals surface area contributed by atoms with Gasteiger partial charge in [0.15, 0.2) is 0 Å². The Bertz CT molecular complexity index is 536. The lowest BCUT2D eigenvalue weighted by atomic mass is 10.2. The summed E-state index contributed by atoms with van der Waals surface area (Å²) in [4.78, 5) is 0.267. The van der Waals surface area contributed by atoms with Crippen molar-refractivity contribution in [2.45, 2.75) is 44.4 Å². The van der Waals surface area contributed by atoms with Gasteiger partial charge >= 0.3 is 0 Å². The second kappa shape index (κ2) is 8.03. The molecule has 4 nitrogen and oxygen atoms in total. The first kappa shape index (κ1) is 16.7. The molecule has 0 unspecified atom stereocenters. The summed E-state index contributed by atoms with van der Waals surface area (Å²) >= 11 is 0. The molecule has 0 radical (unpaired) electrons. The van der Waals surface area contributed by atoms with Gasteiger partial charge in [0.2, 0.25) is 10.0 Å². The van der Waals surface area contributed by atoms with Gasteiger partial charge in [-0.3, -0.25) is 0 Å². The van der Waals surface area contributed by atoms with Crippen LogP contribution >= 0.6 is 0 Å². The monoisotopic (exact) mass is 294 g/mol. The Morgan fingerprint density at radius 1 is 1.05 bits per heavy atom. The number of hydrogen-bond donors (Lipinski definition) is 0. The van der Waals surface area contributed by atoms with Gasteiger partial charge < -0.3 is 0 Å². The lowest BCUT2D eigenvalue weighted by Crippen LogP contribution is -2.33. The molecule has 0 bridgehead atoms. The summed E-state index contributed by atoms with van der Waals surface area (Å²) < 4.78 is 26.7. The fourth-order valence-electron chi connectivity index (χ4n) is 1.87. The Morgan fingerprint density at radius 2 is 1.55 bits per heavy atom. The summed E-state index contributed by atoms with van der Waals surface area (Å²) in [5.41, 5.74) is 0.470. The van der Waals surface area contributed by atoms with Crippen molar-refractivity contribution in [2.75, 3.05) is 13.1 Å². The number of hydrogen-bond acceptors (Lipinski definition) is 3. The number of unbranched alkanes of at least 4 members (excludes halogenated alkanes) is 2. The summed E-state index contributed by atoms with van der Waals surface area (Å²) in [6.45, 7) is 5.20. The zero-order chi connectivity index (χ0) is 15.0. The van der Waals surface area contributed by atoms with Gasteiger partial charge in [0.05, 0.1) is 16.5 Å². The minimum atomic E-state index is -3.45. The van der Waals surface area contributed by atoms with Gasteiger partial charge in [-0.15, -0.1) is 0 Å². The molecule has 0 aliphatic carbocycles. The maximum Gasteiger partial charge on any atom is 0.243 e. The molecule has 0 amide bonds. The van der Waals surface area contributed by atoms with E-state index in [1.807, 2.05) is 19.9 Å². The minimum Gasteiger partial charge on any atom is -0.207 e. The second-order valence-corrected chi connectivity index (χ2v) is 6.69. The molecule has 0 atom stereocenters. The van der Waals surface area contributed by atoms with E-state index in [0.29, 0.717) is 18.7 Å². The van der Waals surface area contributed by atoms with Gasteiger partial charge in [-0.2, -0.15) is 9.57 Å². The summed E-state index contributed by atoms with van der Waals surface area (Å²) in [6, 6.07) is 8.11. The first-order chi connectivity index (χ1) is 9.56. The maximum absolute atomic E-state index is 12.6. The van der Waals surface area contributed by atoms with Crippen LogP contribution in [0.1, 0.15) is 45.1 Å². The second-order valence-electron chi connectivity index (χ2n) is 4.75. The van der Waals surface area contributed by atoms with Crippen molar-refractivity contribution in [1.29, 1.82) is 5.26 Å². The molecule has 0 fully saturated rings. The maximum atomic E-state index is 12.6. The fraction of sp³-hybridized carbons (Fsp3) is 0.533. The number of sulfonamides is 1. The van der Waals surface area contributed by atoms with Gasteiger partial charge in [0, 0.05) is 13.1 Å². The van der Waals surface area contributed by atoms with Gasteiger partial charge in [0.25, 0.3) is 0 Å². The van der Waals surface area contributed by atoms with Crippen molar-refractivity contribution in [3.05, 3.63) is 29.8 Å². The van der Waals surface area contributed by atoms with Crippen LogP contribution in [-0.4, -0.2) is 25.8 Å². The van der Waals surface area contributed by atoms with Gasteiger partial charge in [-0.05, 0) is 37.1 Å². The van der Waals surface area contributed by atoms with Crippen LogP contribution in [0.15, 0.2) is 29.2 Å². The van der Waals surface area contributed by atoms with Crippen molar-refractivity contribution in [1.82, 2.24) is 4.31 Å². The average molecular weight is 294 g/mol. The summed E-state index contributed by atoms with van der Waals surface area (Å²) in [5, 5.41) is 8.76. The Labute approximate surface area is 122 Å². The molecule has 0 aromatic heterocycles. The Morgan fingerprint density at radius 3 is 1.95 bits per heavy atom. The van der Waals surface area contributed by atoms with E-state index in [4.69, 9.17) is 5.26 Å². The Hall–Kier alpha value is -1.38. The topological polar surface area (TPSA) is 61.2 Å². The van der Waals surface area contributed by atoms with Crippen LogP contribution in [-0.2, 0) is 10.0 Å². The SMILES string of the molecule is CCCCN(CCCC)S(=O)(=O)c1ccc(C#N)cc1. The highest BCUT2D eigenvalue weighted by molar-refractivity contribution is 7.89. The van der Waals surface area contributed by atoms with Crippen molar-refractivity contribution >= 4 is 10.0 Å². The number of nitriles is 1. The van der Waals surface area contributed by atoms with Gasteiger partial charge in [-0.1, -0.05) is 26.7 Å². The van der Waals surface area contributed by atoms with Gasteiger partial charge in [0.1, 0.15) is 0 Å². The van der Waals surface area contributed by atoms with E-state index in [0.717, 1.165) is 25.7 Å². The smallest absolute Gasteiger partial charge is 0.207 e. The van der Waals surface area contributed by atoms with Gasteiger partial charge in [-0.25, -0.2) is 8.42 Å². The molecule has 0 heterocycles. The first-order valence-electron chi connectivity index (χ1n) is 7.06. The van der Waals surface area contributed by atoms with Crippen LogP contribution in [0.25, 0.3) is 0 Å². The highest BCUT2D eigenvalue weighted by atomic mass is 32.2. The fourth-order valence-corrected chi connectivity index (χ4v) is 3.39. The lowest BCUT2D eigenvalue weighted by Gasteiger charge is -2.21. The molecular weight excluding hydrogens is 272 g/mol. The lowest BCUT2D eigenvalue weighted by molar-refractivity contribution is 0.395. The van der Waals surface area contributed by atoms with E-state index in [9.17, 15) is 8.42 Å². The molecule has 1 aromatic rings. The third-order valence-electron chi connectivity index (χ3n) is 3.14. The summed E-state index contributed by atoms with van der Waals surface area (Å²) in [7, 11) is -3.45. The van der Waals surface area contributed by atoms with E-state index in [2.05, 4.69) is 0 Å². The summed E-state index contributed by atoms with van der Waals surface area (Å²) in [5.74, 6) is 0. The van der Waals surface area contributed by atoms with Crippen molar-refractivity contribution in [3.63, 3.8) is 0 Å². The van der Waals surface area contributed by atoms with Crippen LogP contribution in [0.3, 0.4) is 0 Å². The molecule has 0 spiro atoms. The number of benzene rings is 1. The molecule has 0 aliphatic rings. The molecule has 5 heteroatoms. The van der Waals surface area contributed by atoms with Crippen molar-refractivity contribution < 1.29 is 8.42 Å². The zero-order valence-electron chi connectivity index (χ0n) is 12.2. The first-order valence-corrected chi connectivity index (χ1v) is 8.50. The minimum absolute atomic E-state index is 0.267. The Kier molecular flexibility index (Phi) is 6.69. The molecule has 0 N–H and O–H groups in total. The number of rotatable bonds is 8. The highest BCUT2D eigenvalue weighted by Crippen LogP contribution is 2.17. The van der Waals surface area contributed by atoms with Crippen LogP contribution in [0.5, 0.6) is 0 Å². The number of nitrogens with zero attached hydrogens (tertiary/aromatic N) is 2. The van der Waals surface area contributed by atoms with E-state index < -0.39 is 10.0 Å². The molecule has 1 aromatic carbocycles. The summed E-state index contributed by atoms with van der Waals surface area (Å²) in [6.07, 6.45) is 3.65. The third kappa shape index (κ3) is 4.32. The third-order valence-corrected chi connectivity index (χ3v) is 5.06. The zero-order valence-corrected chi connectivity index (χ0v) is 13.0. The average Bonchev–Trinajstić information content (AvgIpc) is 2.47. The van der Waals surface area contributed by atoms with Crippen LogP contribution in [0.2, 0.25) is 0 Å². The molecule has 0 aliphatic heterocycles. The quantitative estimate of drug-likeness (QED) is 0.740.